The lowest BCUT2D eigenvalue weighted by Crippen LogP contribution is -2.03. The molecule has 0 aliphatic carbocycles. The highest BCUT2D eigenvalue weighted by molar-refractivity contribution is 5.22. The number of hydrogen-bond acceptors (Lipinski definition) is 1. The van der Waals surface area contributed by atoms with Gasteiger partial charge in [-0.1, -0.05) is 6.07 Å². The number of rotatable bonds is 2. The van der Waals surface area contributed by atoms with E-state index in [1.807, 2.05) is 0 Å². The molecule has 1 aromatic rings. The van der Waals surface area contributed by atoms with Crippen LogP contribution in [0.25, 0.3) is 0 Å². The van der Waals surface area contributed by atoms with Crippen molar-refractivity contribution in [3.05, 3.63) is 35.4 Å². The second-order valence-electron chi connectivity index (χ2n) is 2.29. The Balaban J connectivity index is 3.12. The van der Waals surface area contributed by atoms with Crippen LogP contribution in [0, 0.1) is 11.6 Å². The summed E-state index contributed by atoms with van der Waals surface area (Å²) >= 11 is 0. The number of alkyl halides is 1. The van der Waals surface area contributed by atoms with E-state index in [2.05, 4.69) is 0 Å². The van der Waals surface area contributed by atoms with Crippen LogP contribution in [-0.4, -0.2) is 11.7 Å². The molecule has 0 saturated heterocycles. The zero-order valence-corrected chi connectivity index (χ0v) is 6.10. The quantitative estimate of drug-likeness (QED) is 0.730. The molecule has 1 N–H and O–H groups in total. The van der Waals surface area contributed by atoms with E-state index in [0.29, 0.717) is 0 Å². The smallest absolute Gasteiger partial charge is 0.154 e. The molecule has 0 amide bonds. The molecular formula is C8H7F3O. The number of aliphatic hydroxyl groups is 1. The van der Waals surface area contributed by atoms with Gasteiger partial charge in [-0.05, 0) is 12.1 Å². The monoisotopic (exact) mass is 176 g/mol. The van der Waals surface area contributed by atoms with Gasteiger partial charge in [-0.15, -0.1) is 0 Å². The zero-order valence-electron chi connectivity index (χ0n) is 6.10. The second-order valence-corrected chi connectivity index (χ2v) is 2.29. The minimum absolute atomic E-state index is 0.708. The molecule has 4 heteroatoms. The van der Waals surface area contributed by atoms with Gasteiger partial charge in [0.05, 0.1) is 12.2 Å². The Hall–Kier alpha value is -1.03. The Bertz CT molecular complexity index is 255. The van der Waals surface area contributed by atoms with Gasteiger partial charge in [0.25, 0.3) is 0 Å². The summed E-state index contributed by atoms with van der Waals surface area (Å²) in [4.78, 5) is 0. The fourth-order valence-electron chi connectivity index (χ4n) is 0.901. The molecule has 0 heterocycles. The third kappa shape index (κ3) is 1.58. The minimum Gasteiger partial charge on any atom is -0.393 e. The highest BCUT2D eigenvalue weighted by atomic mass is 19.2. The molecule has 1 aromatic carbocycles. The molecule has 0 aromatic heterocycles. The van der Waals surface area contributed by atoms with Crippen molar-refractivity contribution in [3.63, 3.8) is 0 Å². The summed E-state index contributed by atoms with van der Waals surface area (Å²) in [6.07, 6.45) is -1.99. The van der Waals surface area contributed by atoms with Crippen molar-refractivity contribution in [2.24, 2.45) is 0 Å². The Labute approximate surface area is 67.5 Å². The predicted octanol–water partition coefficient (Wildman–Crippen LogP) is 1.97. The number of aliphatic hydroxyl groups excluding tert-OH is 1. The maximum Gasteiger partial charge on any atom is 0.154 e. The highest BCUT2D eigenvalue weighted by Gasteiger charge is 2.17. The summed E-state index contributed by atoms with van der Waals surface area (Å²) in [6, 6.07) is 3.03. The second kappa shape index (κ2) is 3.58. The van der Waals surface area contributed by atoms with Crippen LogP contribution in [0.1, 0.15) is 11.7 Å². The maximum absolute atomic E-state index is 12.7. The third-order valence-electron chi connectivity index (χ3n) is 1.47. The van der Waals surface area contributed by atoms with Gasteiger partial charge >= 0.3 is 0 Å². The van der Waals surface area contributed by atoms with Crippen molar-refractivity contribution in [3.8, 4) is 0 Å². The van der Waals surface area contributed by atoms with Crippen LogP contribution in [0.3, 0.4) is 0 Å². The maximum atomic E-state index is 12.7. The molecule has 0 bridgehead atoms. The van der Waals surface area contributed by atoms with Gasteiger partial charge in [-0.2, -0.15) is 0 Å². The van der Waals surface area contributed by atoms with Gasteiger partial charge in [0.15, 0.2) is 6.17 Å². The van der Waals surface area contributed by atoms with Gasteiger partial charge in [0.2, 0.25) is 0 Å². The average Bonchev–Trinajstić information content (AvgIpc) is 2.03. The molecule has 1 rings (SSSR count). The molecule has 12 heavy (non-hydrogen) atoms. The number of halogens is 3. The summed E-state index contributed by atoms with van der Waals surface area (Å²) in [5, 5.41) is 8.33. The van der Waals surface area contributed by atoms with E-state index in [1.165, 1.54) is 0 Å². The Morgan fingerprint density at radius 3 is 2.17 bits per heavy atom. The fourth-order valence-corrected chi connectivity index (χ4v) is 0.901. The van der Waals surface area contributed by atoms with E-state index in [4.69, 9.17) is 5.11 Å². The summed E-state index contributed by atoms with van der Waals surface area (Å²) < 4.78 is 38.0. The number of benzene rings is 1. The molecule has 0 aliphatic rings. The average molecular weight is 176 g/mol. The first kappa shape index (κ1) is 9.06. The highest BCUT2D eigenvalue weighted by Crippen LogP contribution is 2.22. The van der Waals surface area contributed by atoms with Crippen molar-refractivity contribution in [1.82, 2.24) is 0 Å². The zero-order chi connectivity index (χ0) is 9.14. The number of hydrogen-bond donors (Lipinski definition) is 1. The predicted molar refractivity (Wildman–Crippen MR) is 37.3 cm³/mol. The molecule has 0 radical (unpaired) electrons. The van der Waals surface area contributed by atoms with Crippen LogP contribution in [0.4, 0.5) is 13.2 Å². The molecule has 1 atom stereocenters. The molecule has 66 valence electrons. The van der Waals surface area contributed by atoms with Crippen molar-refractivity contribution in [1.29, 1.82) is 0 Å². The summed E-state index contributed by atoms with van der Waals surface area (Å²) in [7, 11) is 0. The van der Waals surface area contributed by atoms with Gasteiger partial charge in [0.1, 0.15) is 11.6 Å². The van der Waals surface area contributed by atoms with Crippen LogP contribution < -0.4 is 0 Å². The van der Waals surface area contributed by atoms with Gasteiger partial charge < -0.3 is 5.11 Å². The van der Waals surface area contributed by atoms with Crippen molar-refractivity contribution in [2.45, 2.75) is 6.17 Å². The van der Waals surface area contributed by atoms with E-state index in [0.717, 1.165) is 18.2 Å². The standard InChI is InChI=1S/C8H7F3O/c9-5-2-1-3-6(10)8(5)7(11)4-12/h1-3,7,12H,4H2/t7-/m1/s1. The SMILES string of the molecule is OC[C@@H](F)c1c(F)cccc1F. The fraction of sp³-hybridized carbons (Fsp3) is 0.250. The van der Waals surface area contributed by atoms with Crippen LogP contribution in [-0.2, 0) is 0 Å². The molecule has 0 saturated carbocycles. The first-order chi connectivity index (χ1) is 5.66. The molecule has 0 fully saturated rings. The molecule has 1 nitrogen and oxygen atoms in total. The van der Waals surface area contributed by atoms with E-state index >= 15 is 0 Å². The summed E-state index contributed by atoms with van der Waals surface area (Å²) in [6.45, 7) is -0.919. The topological polar surface area (TPSA) is 20.2 Å². The Morgan fingerprint density at radius 2 is 1.75 bits per heavy atom. The molecule has 0 aliphatic heterocycles. The first-order valence-electron chi connectivity index (χ1n) is 3.35. The minimum atomic E-state index is -1.99. The van der Waals surface area contributed by atoms with Gasteiger partial charge in [-0.3, -0.25) is 0 Å². The molecule has 0 unspecified atom stereocenters. The lowest BCUT2D eigenvalue weighted by atomic mass is 10.1. The Kier molecular flexibility index (Phi) is 2.70. The van der Waals surface area contributed by atoms with Crippen LogP contribution in [0.15, 0.2) is 18.2 Å². The summed E-state index contributed by atoms with van der Waals surface area (Å²) in [5.41, 5.74) is -0.708. The summed E-state index contributed by atoms with van der Waals surface area (Å²) in [5.74, 6) is -1.95. The van der Waals surface area contributed by atoms with Crippen molar-refractivity contribution in [2.75, 3.05) is 6.61 Å². The third-order valence-corrected chi connectivity index (χ3v) is 1.47. The van der Waals surface area contributed by atoms with E-state index in [9.17, 15) is 13.2 Å². The largest absolute Gasteiger partial charge is 0.393 e. The van der Waals surface area contributed by atoms with Crippen LogP contribution in [0.5, 0.6) is 0 Å². The van der Waals surface area contributed by atoms with Crippen LogP contribution >= 0.6 is 0 Å². The van der Waals surface area contributed by atoms with E-state index < -0.39 is 30.0 Å². The Morgan fingerprint density at radius 1 is 1.25 bits per heavy atom. The van der Waals surface area contributed by atoms with Gasteiger partial charge in [0, 0.05) is 0 Å². The lowest BCUT2D eigenvalue weighted by molar-refractivity contribution is 0.172. The first-order valence-corrected chi connectivity index (χ1v) is 3.35. The molecular weight excluding hydrogens is 169 g/mol. The van der Waals surface area contributed by atoms with Crippen molar-refractivity contribution < 1.29 is 18.3 Å². The lowest BCUT2D eigenvalue weighted by Gasteiger charge is -2.06. The molecule has 0 spiro atoms. The van der Waals surface area contributed by atoms with Gasteiger partial charge in [-0.25, -0.2) is 13.2 Å². The van der Waals surface area contributed by atoms with Crippen molar-refractivity contribution >= 4 is 0 Å². The van der Waals surface area contributed by atoms with Crippen LogP contribution in [0.2, 0.25) is 0 Å². The van der Waals surface area contributed by atoms with E-state index in [-0.39, 0.29) is 0 Å². The normalized spacial score (nSPS) is 13.0. The van der Waals surface area contributed by atoms with E-state index in [1.54, 1.807) is 0 Å².